The predicted molar refractivity (Wildman–Crippen MR) is 93.3 cm³/mol. The van der Waals surface area contributed by atoms with Crippen molar-refractivity contribution in [3.63, 3.8) is 0 Å². The van der Waals surface area contributed by atoms with Crippen LogP contribution >= 0.6 is 11.6 Å². The number of hydrogen-bond donors (Lipinski definition) is 1. The molecule has 0 fully saturated rings. The first-order valence-electron chi connectivity index (χ1n) is 7.68. The Morgan fingerprint density at radius 2 is 1.84 bits per heavy atom. The topological polar surface area (TPSA) is 95.9 Å². The van der Waals surface area contributed by atoms with Crippen LogP contribution in [0.25, 0.3) is 11.4 Å². The van der Waals surface area contributed by atoms with Crippen LogP contribution in [0.15, 0.2) is 48.5 Å². The summed E-state index contributed by atoms with van der Waals surface area (Å²) in [6, 6.07) is 14.0. The summed E-state index contributed by atoms with van der Waals surface area (Å²) >= 11 is 5.82. The van der Waals surface area contributed by atoms with E-state index >= 15 is 0 Å². The van der Waals surface area contributed by atoms with Gasteiger partial charge in [-0.1, -0.05) is 23.7 Å². The number of rotatable bonds is 7. The van der Waals surface area contributed by atoms with Gasteiger partial charge >= 0.3 is 0 Å². The lowest BCUT2D eigenvalue weighted by atomic mass is 10.1. The zero-order valence-corrected chi connectivity index (χ0v) is 14.1. The molecule has 0 radical (unpaired) electrons. The van der Waals surface area contributed by atoms with Crippen LogP contribution in [-0.2, 0) is 6.54 Å². The van der Waals surface area contributed by atoms with Gasteiger partial charge in [0.2, 0.25) is 11.7 Å². The largest absolute Gasteiger partial charge is 0.494 e. The van der Waals surface area contributed by atoms with Gasteiger partial charge in [0.15, 0.2) is 0 Å². The molecule has 2 N–H and O–H groups in total. The smallest absolute Gasteiger partial charge is 0.248 e. The Labute approximate surface area is 149 Å². The number of hydrogen-bond acceptors (Lipinski definition) is 5. The van der Waals surface area contributed by atoms with Crippen molar-refractivity contribution in [2.45, 2.75) is 13.0 Å². The second-order valence-electron chi connectivity index (χ2n) is 5.31. The first kappa shape index (κ1) is 16.9. The lowest BCUT2D eigenvalue weighted by Gasteiger charge is -2.05. The number of aryl methyl sites for hydroxylation is 1. The Bertz CT molecular complexity index is 846. The van der Waals surface area contributed by atoms with E-state index in [2.05, 4.69) is 15.4 Å². The van der Waals surface area contributed by atoms with E-state index in [9.17, 15) is 4.79 Å². The summed E-state index contributed by atoms with van der Waals surface area (Å²) in [5.74, 6) is 0.796. The van der Waals surface area contributed by atoms with Gasteiger partial charge in [-0.25, -0.2) is 0 Å². The lowest BCUT2D eigenvalue weighted by molar-refractivity contribution is 0.100. The highest BCUT2D eigenvalue weighted by Gasteiger charge is 2.07. The number of carbonyl (C=O) groups excluding carboxylic acids is 1. The molecular formula is C17H16ClN5O2. The quantitative estimate of drug-likeness (QED) is 0.655. The molecule has 0 spiro atoms. The third kappa shape index (κ3) is 4.54. The third-order valence-corrected chi connectivity index (χ3v) is 3.72. The molecule has 0 atom stereocenters. The Morgan fingerprint density at radius 1 is 1.12 bits per heavy atom. The Balaban J connectivity index is 1.51. The molecule has 2 aromatic carbocycles. The molecule has 0 saturated carbocycles. The Hall–Kier alpha value is -2.93. The molecule has 3 rings (SSSR count). The second-order valence-corrected chi connectivity index (χ2v) is 5.74. The van der Waals surface area contributed by atoms with E-state index in [1.807, 2.05) is 12.1 Å². The van der Waals surface area contributed by atoms with Crippen LogP contribution in [0.2, 0.25) is 5.02 Å². The van der Waals surface area contributed by atoms with E-state index in [0.29, 0.717) is 29.6 Å². The summed E-state index contributed by atoms with van der Waals surface area (Å²) in [4.78, 5) is 12.6. The standard InChI is InChI=1S/C17H16ClN5O2/c18-14-6-8-15(9-7-14)25-11-1-10-23-21-17(20-22-23)13-4-2-12(3-5-13)16(19)24/h2-9H,1,10-11H2,(H2,19,24). The molecule has 3 aromatic rings. The second kappa shape index (κ2) is 7.76. The first-order chi connectivity index (χ1) is 12.1. The minimum Gasteiger partial charge on any atom is -0.494 e. The van der Waals surface area contributed by atoms with Crippen LogP contribution in [0, 0.1) is 0 Å². The van der Waals surface area contributed by atoms with Crippen LogP contribution in [0.3, 0.4) is 0 Å². The minimum atomic E-state index is -0.469. The van der Waals surface area contributed by atoms with Gasteiger partial charge in [-0.2, -0.15) is 4.80 Å². The molecule has 1 amide bonds. The molecule has 0 aliphatic rings. The Morgan fingerprint density at radius 3 is 2.52 bits per heavy atom. The normalized spacial score (nSPS) is 10.6. The molecule has 0 bridgehead atoms. The maximum Gasteiger partial charge on any atom is 0.248 e. The van der Waals surface area contributed by atoms with Gasteiger partial charge in [0.25, 0.3) is 0 Å². The van der Waals surface area contributed by atoms with Gasteiger partial charge in [0.05, 0.1) is 13.2 Å². The number of halogens is 1. The highest BCUT2D eigenvalue weighted by molar-refractivity contribution is 6.30. The van der Waals surface area contributed by atoms with Gasteiger partial charge in [0.1, 0.15) is 5.75 Å². The van der Waals surface area contributed by atoms with E-state index in [4.69, 9.17) is 22.1 Å². The van der Waals surface area contributed by atoms with Crippen LogP contribution in [0.5, 0.6) is 5.75 Å². The number of benzene rings is 2. The van der Waals surface area contributed by atoms with Crippen molar-refractivity contribution in [2.24, 2.45) is 5.73 Å². The molecule has 7 nitrogen and oxygen atoms in total. The van der Waals surface area contributed by atoms with Crippen molar-refractivity contribution >= 4 is 17.5 Å². The van der Waals surface area contributed by atoms with Gasteiger partial charge in [-0.15, -0.1) is 10.2 Å². The summed E-state index contributed by atoms with van der Waals surface area (Å²) in [5.41, 5.74) is 6.43. The van der Waals surface area contributed by atoms with E-state index in [1.165, 1.54) is 4.80 Å². The zero-order valence-electron chi connectivity index (χ0n) is 13.3. The average molecular weight is 358 g/mol. The van der Waals surface area contributed by atoms with Gasteiger partial charge in [0, 0.05) is 22.6 Å². The van der Waals surface area contributed by atoms with E-state index < -0.39 is 5.91 Å². The minimum absolute atomic E-state index is 0.440. The molecule has 8 heteroatoms. The van der Waals surface area contributed by atoms with Crippen molar-refractivity contribution in [2.75, 3.05) is 6.61 Å². The van der Waals surface area contributed by atoms with E-state index in [-0.39, 0.29) is 0 Å². The highest BCUT2D eigenvalue weighted by atomic mass is 35.5. The number of aromatic nitrogens is 4. The van der Waals surface area contributed by atoms with Crippen LogP contribution in [0.4, 0.5) is 0 Å². The molecule has 0 saturated heterocycles. The van der Waals surface area contributed by atoms with Crippen LogP contribution < -0.4 is 10.5 Å². The number of nitrogens with two attached hydrogens (primary N) is 1. The van der Waals surface area contributed by atoms with Gasteiger partial charge in [-0.05, 0) is 41.6 Å². The van der Waals surface area contributed by atoms with Crippen molar-refractivity contribution in [3.05, 3.63) is 59.1 Å². The number of amides is 1. The third-order valence-electron chi connectivity index (χ3n) is 3.47. The van der Waals surface area contributed by atoms with Crippen molar-refractivity contribution in [3.8, 4) is 17.1 Å². The predicted octanol–water partition coefficient (Wildman–Crippen LogP) is 2.56. The van der Waals surface area contributed by atoms with Crippen molar-refractivity contribution in [1.29, 1.82) is 0 Å². The fourth-order valence-electron chi connectivity index (χ4n) is 2.16. The molecule has 128 valence electrons. The monoisotopic (exact) mass is 357 g/mol. The molecule has 0 unspecified atom stereocenters. The summed E-state index contributed by atoms with van der Waals surface area (Å²) in [6.07, 6.45) is 0.735. The SMILES string of the molecule is NC(=O)c1ccc(-c2nnn(CCCOc3ccc(Cl)cc3)n2)cc1. The lowest BCUT2D eigenvalue weighted by Crippen LogP contribution is -2.10. The van der Waals surface area contributed by atoms with Crippen molar-refractivity contribution in [1.82, 2.24) is 20.2 Å². The molecular weight excluding hydrogens is 342 g/mol. The number of ether oxygens (including phenoxy) is 1. The number of carbonyl (C=O) groups is 1. The van der Waals surface area contributed by atoms with E-state index in [0.717, 1.165) is 17.7 Å². The molecule has 25 heavy (non-hydrogen) atoms. The number of nitrogens with zero attached hydrogens (tertiary/aromatic N) is 4. The summed E-state index contributed by atoms with van der Waals surface area (Å²) in [6.45, 7) is 1.12. The number of tetrazole rings is 1. The number of primary amides is 1. The average Bonchev–Trinajstić information content (AvgIpc) is 3.09. The first-order valence-corrected chi connectivity index (χ1v) is 8.06. The molecule has 0 aliphatic heterocycles. The fraction of sp³-hybridized carbons (Fsp3) is 0.176. The van der Waals surface area contributed by atoms with Gasteiger partial charge in [-0.3, -0.25) is 4.79 Å². The Kier molecular flexibility index (Phi) is 5.25. The summed E-state index contributed by atoms with van der Waals surface area (Å²) in [5, 5.41) is 13.0. The fourth-order valence-corrected chi connectivity index (χ4v) is 2.29. The highest BCUT2D eigenvalue weighted by Crippen LogP contribution is 2.16. The molecule has 1 heterocycles. The molecule has 0 aliphatic carbocycles. The van der Waals surface area contributed by atoms with E-state index in [1.54, 1.807) is 36.4 Å². The summed E-state index contributed by atoms with van der Waals surface area (Å²) < 4.78 is 5.62. The summed E-state index contributed by atoms with van der Waals surface area (Å²) in [7, 11) is 0. The van der Waals surface area contributed by atoms with Crippen LogP contribution in [0.1, 0.15) is 16.8 Å². The van der Waals surface area contributed by atoms with Crippen LogP contribution in [-0.4, -0.2) is 32.7 Å². The molecule has 1 aromatic heterocycles. The van der Waals surface area contributed by atoms with Gasteiger partial charge < -0.3 is 10.5 Å². The maximum atomic E-state index is 11.1. The maximum absolute atomic E-state index is 11.1. The zero-order chi connectivity index (χ0) is 17.6. The van der Waals surface area contributed by atoms with Crippen molar-refractivity contribution < 1.29 is 9.53 Å².